The molecule has 0 bridgehead atoms. The Hall–Kier alpha value is -2.55. The van der Waals surface area contributed by atoms with E-state index in [9.17, 15) is 4.79 Å². The Morgan fingerprint density at radius 2 is 1.64 bits per heavy atom. The minimum absolute atomic E-state index is 0.0614. The third kappa shape index (κ3) is 4.46. The van der Waals surface area contributed by atoms with Gasteiger partial charge in [-0.05, 0) is 65.0 Å². The molecule has 1 aliphatic rings. The Balaban J connectivity index is 1.70. The zero-order valence-electron chi connectivity index (χ0n) is 17.7. The molecule has 3 nitrogen and oxygen atoms in total. The van der Waals surface area contributed by atoms with Crippen LogP contribution in [0.15, 0.2) is 54.3 Å². The summed E-state index contributed by atoms with van der Waals surface area (Å²) in [7, 11) is 0. The maximum atomic E-state index is 13.3. The molecule has 3 heteroatoms. The Bertz CT molecular complexity index is 860. The summed E-state index contributed by atoms with van der Waals surface area (Å²) in [4.78, 5) is 15.2. The number of aryl methyl sites for hydroxylation is 3. The Morgan fingerprint density at radius 3 is 2.29 bits per heavy atom. The quantitative estimate of drug-likeness (QED) is 0.651. The van der Waals surface area contributed by atoms with E-state index < -0.39 is 0 Å². The van der Waals surface area contributed by atoms with Crippen LogP contribution in [0.1, 0.15) is 55.9 Å². The van der Waals surface area contributed by atoms with E-state index in [1.54, 1.807) is 0 Å². The van der Waals surface area contributed by atoms with Crippen LogP contribution in [0.2, 0.25) is 0 Å². The normalized spacial score (nSPS) is 15.0. The van der Waals surface area contributed by atoms with Gasteiger partial charge in [-0.25, -0.2) is 0 Å². The molecular weight excluding hydrogens is 346 g/mol. The van der Waals surface area contributed by atoms with Crippen LogP contribution in [-0.2, 0) is 16.0 Å². The molecule has 2 aromatic rings. The molecule has 0 unspecified atom stereocenters. The number of benzene rings is 2. The van der Waals surface area contributed by atoms with Gasteiger partial charge in [-0.3, -0.25) is 4.79 Å². The summed E-state index contributed by atoms with van der Waals surface area (Å²) >= 11 is 0. The average Bonchev–Trinajstić information content (AvgIpc) is 2.61. The molecule has 0 aromatic heterocycles. The molecule has 2 aromatic carbocycles. The number of rotatable bonds is 6. The fourth-order valence-corrected chi connectivity index (χ4v) is 4.03. The van der Waals surface area contributed by atoms with Gasteiger partial charge in [0.1, 0.15) is 5.76 Å². The monoisotopic (exact) mass is 377 g/mol. The summed E-state index contributed by atoms with van der Waals surface area (Å²) in [5.74, 6) is 0.768. The molecule has 0 saturated heterocycles. The molecule has 0 saturated carbocycles. The summed E-state index contributed by atoms with van der Waals surface area (Å²) in [6.07, 6.45) is 2.98. The van der Waals surface area contributed by atoms with E-state index in [2.05, 4.69) is 45.9 Å². The van der Waals surface area contributed by atoms with Crippen LogP contribution < -0.4 is 0 Å². The number of carbonyl (C=O) groups excluding carboxylic acids is 1. The summed E-state index contributed by atoms with van der Waals surface area (Å²) in [5.41, 5.74) is 5.31. The number of carbonyl (C=O) groups is 1. The minimum Gasteiger partial charge on any atom is -0.477 e. The molecule has 0 N–H and O–H groups in total. The van der Waals surface area contributed by atoms with Gasteiger partial charge < -0.3 is 9.64 Å². The maximum Gasteiger partial charge on any atom is 0.260 e. The van der Waals surface area contributed by atoms with Gasteiger partial charge in [0, 0.05) is 5.54 Å². The van der Waals surface area contributed by atoms with Crippen molar-refractivity contribution < 1.29 is 9.53 Å². The van der Waals surface area contributed by atoms with E-state index in [1.807, 2.05) is 42.2 Å². The molecule has 0 radical (unpaired) electrons. The summed E-state index contributed by atoms with van der Waals surface area (Å²) in [5, 5.41) is 0. The van der Waals surface area contributed by atoms with E-state index >= 15 is 0 Å². The number of hydrogen-bond donors (Lipinski definition) is 0. The van der Waals surface area contributed by atoms with Crippen LogP contribution >= 0.6 is 0 Å². The van der Waals surface area contributed by atoms with E-state index in [0.717, 1.165) is 24.8 Å². The standard InChI is InChI=1S/C25H31NO2/c1-18-14-19(2)16-21(15-18)10-9-13-25(4,5)26-17-28-20(3)23(24(26)27)22-11-7-6-8-12-22/h6-8,11-12,14-16H,9-10,13,17H2,1-5H3. The second kappa shape index (κ2) is 8.22. The number of amides is 1. The number of nitrogens with zero attached hydrogens (tertiary/aromatic N) is 1. The van der Waals surface area contributed by atoms with Crippen molar-refractivity contribution in [3.8, 4) is 0 Å². The molecule has 1 aliphatic heterocycles. The van der Waals surface area contributed by atoms with Gasteiger partial charge in [0.25, 0.3) is 5.91 Å². The summed E-state index contributed by atoms with van der Waals surface area (Å²) < 4.78 is 5.90. The Morgan fingerprint density at radius 1 is 1.00 bits per heavy atom. The van der Waals surface area contributed by atoms with Crippen molar-refractivity contribution in [2.45, 2.75) is 59.4 Å². The lowest BCUT2D eigenvalue weighted by atomic mass is 9.91. The molecular formula is C25H31NO2. The van der Waals surface area contributed by atoms with Crippen molar-refractivity contribution >= 4 is 11.5 Å². The highest BCUT2D eigenvalue weighted by Crippen LogP contribution is 2.32. The first-order chi connectivity index (χ1) is 13.3. The molecule has 28 heavy (non-hydrogen) atoms. The van der Waals surface area contributed by atoms with Crippen LogP contribution in [-0.4, -0.2) is 23.1 Å². The highest BCUT2D eigenvalue weighted by atomic mass is 16.5. The highest BCUT2D eigenvalue weighted by molar-refractivity contribution is 6.20. The van der Waals surface area contributed by atoms with E-state index in [-0.39, 0.29) is 11.4 Å². The van der Waals surface area contributed by atoms with Crippen molar-refractivity contribution in [1.82, 2.24) is 4.90 Å². The Labute approximate surface area is 169 Å². The third-order valence-corrected chi connectivity index (χ3v) is 5.55. The van der Waals surface area contributed by atoms with Crippen LogP contribution in [0.3, 0.4) is 0 Å². The first-order valence-corrected chi connectivity index (χ1v) is 10.1. The SMILES string of the molecule is CC1=C(c2ccccc2)C(=O)N(C(C)(C)CCCc2cc(C)cc(C)c2)CO1. The molecule has 0 spiro atoms. The third-order valence-electron chi connectivity index (χ3n) is 5.55. The van der Waals surface area contributed by atoms with Crippen LogP contribution in [0.4, 0.5) is 0 Å². The predicted octanol–water partition coefficient (Wildman–Crippen LogP) is 5.65. The van der Waals surface area contributed by atoms with Crippen molar-refractivity contribution in [2.75, 3.05) is 6.73 Å². The molecule has 3 rings (SSSR count). The fourth-order valence-electron chi connectivity index (χ4n) is 4.03. The van der Waals surface area contributed by atoms with Crippen molar-refractivity contribution in [2.24, 2.45) is 0 Å². The molecule has 0 atom stereocenters. The lowest BCUT2D eigenvalue weighted by molar-refractivity contribution is -0.139. The highest BCUT2D eigenvalue weighted by Gasteiger charge is 2.36. The predicted molar refractivity (Wildman–Crippen MR) is 115 cm³/mol. The maximum absolute atomic E-state index is 13.3. The number of ether oxygens (including phenoxy) is 1. The van der Waals surface area contributed by atoms with Gasteiger partial charge in [0.2, 0.25) is 0 Å². The average molecular weight is 378 g/mol. The summed E-state index contributed by atoms with van der Waals surface area (Å²) in [6.45, 7) is 10.8. The number of allylic oxidation sites excluding steroid dienone is 1. The van der Waals surface area contributed by atoms with Crippen molar-refractivity contribution in [3.05, 3.63) is 76.5 Å². The summed E-state index contributed by atoms with van der Waals surface area (Å²) in [6, 6.07) is 16.5. The lowest BCUT2D eigenvalue weighted by Crippen LogP contribution is -2.51. The van der Waals surface area contributed by atoms with E-state index in [1.165, 1.54) is 16.7 Å². The van der Waals surface area contributed by atoms with Crippen molar-refractivity contribution in [3.63, 3.8) is 0 Å². The number of hydrogen-bond acceptors (Lipinski definition) is 2. The van der Waals surface area contributed by atoms with Gasteiger partial charge in [-0.15, -0.1) is 0 Å². The zero-order chi connectivity index (χ0) is 20.3. The van der Waals surface area contributed by atoms with Gasteiger partial charge in [0.05, 0.1) is 5.57 Å². The Kier molecular flexibility index (Phi) is 5.93. The molecule has 148 valence electrons. The van der Waals surface area contributed by atoms with Crippen LogP contribution in [0, 0.1) is 13.8 Å². The first-order valence-electron chi connectivity index (χ1n) is 10.1. The van der Waals surface area contributed by atoms with Gasteiger partial charge >= 0.3 is 0 Å². The first kappa shape index (κ1) is 20.2. The molecule has 0 aliphatic carbocycles. The smallest absolute Gasteiger partial charge is 0.260 e. The largest absolute Gasteiger partial charge is 0.477 e. The molecule has 0 fully saturated rings. The van der Waals surface area contributed by atoms with Gasteiger partial charge in [-0.1, -0.05) is 59.7 Å². The van der Waals surface area contributed by atoms with Gasteiger partial charge in [-0.2, -0.15) is 0 Å². The fraction of sp³-hybridized carbons (Fsp3) is 0.400. The lowest BCUT2D eigenvalue weighted by Gasteiger charge is -2.41. The molecule has 1 amide bonds. The second-order valence-corrected chi connectivity index (χ2v) is 8.47. The van der Waals surface area contributed by atoms with Crippen LogP contribution in [0.5, 0.6) is 0 Å². The van der Waals surface area contributed by atoms with E-state index in [0.29, 0.717) is 18.1 Å². The van der Waals surface area contributed by atoms with Crippen molar-refractivity contribution in [1.29, 1.82) is 0 Å². The van der Waals surface area contributed by atoms with E-state index in [4.69, 9.17) is 4.74 Å². The van der Waals surface area contributed by atoms with Crippen LogP contribution in [0.25, 0.3) is 5.57 Å². The zero-order valence-corrected chi connectivity index (χ0v) is 17.7. The second-order valence-electron chi connectivity index (χ2n) is 8.47. The topological polar surface area (TPSA) is 29.5 Å². The minimum atomic E-state index is -0.267. The van der Waals surface area contributed by atoms with Gasteiger partial charge in [0.15, 0.2) is 6.73 Å². The molecule has 1 heterocycles.